The fourth-order valence-corrected chi connectivity index (χ4v) is 1.20. The van der Waals surface area contributed by atoms with Gasteiger partial charge in [-0.05, 0) is 31.8 Å². The zero-order valence-electron chi connectivity index (χ0n) is 10.6. The van der Waals surface area contributed by atoms with Crippen molar-refractivity contribution in [1.29, 1.82) is 0 Å². The van der Waals surface area contributed by atoms with Crippen LogP contribution >= 0.6 is 0 Å². The number of urea groups is 1. The van der Waals surface area contributed by atoms with Crippen molar-refractivity contribution in [2.45, 2.75) is 0 Å². The largest absolute Gasteiger partial charge is 0.492 e. The quantitative estimate of drug-likeness (QED) is 0.574. The minimum absolute atomic E-state index is 0.618. The van der Waals surface area contributed by atoms with Crippen LogP contribution in [0, 0.1) is 0 Å². The number of hydrogen-bond donors (Lipinski definition) is 2. The Labute approximate surface area is 106 Å². The molecule has 0 aliphatic carbocycles. The molecule has 0 aromatic heterocycles. The number of hydrazone groups is 1. The van der Waals surface area contributed by atoms with Gasteiger partial charge in [0.15, 0.2) is 0 Å². The van der Waals surface area contributed by atoms with Crippen LogP contribution < -0.4 is 15.9 Å². The van der Waals surface area contributed by atoms with E-state index in [1.807, 2.05) is 43.3 Å². The van der Waals surface area contributed by atoms with Crippen LogP contribution in [0.15, 0.2) is 29.4 Å². The van der Waals surface area contributed by atoms with Gasteiger partial charge in [0, 0.05) is 6.54 Å². The average molecular weight is 250 g/mol. The first-order valence-electron chi connectivity index (χ1n) is 5.54. The summed E-state index contributed by atoms with van der Waals surface area (Å²) in [6.07, 6.45) is 1.50. The van der Waals surface area contributed by atoms with E-state index in [1.165, 1.54) is 6.21 Å². The van der Waals surface area contributed by atoms with E-state index in [2.05, 4.69) is 10.5 Å². The maximum absolute atomic E-state index is 10.4. The van der Waals surface area contributed by atoms with Gasteiger partial charge in [-0.2, -0.15) is 5.10 Å². The van der Waals surface area contributed by atoms with Crippen molar-refractivity contribution in [3.8, 4) is 5.75 Å². The van der Waals surface area contributed by atoms with Gasteiger partial charge in [-0.25, -0.2) is 10.2 Å². The Kier molecular flexibility index (Phi) is 5.66. The van der Waals surface area contributed by atoms with E-state index in [4.69, 9.17) is 10.5 Å². The van der Waals surface area contributed by atoms with Crippen LogP contribution in [0.25, 0.3) is 0 Å². The number of nitrogens with one attached hydrogen (secondary N) is 1. The van der Waals surface area contributed by atoms with Crippen LogP contribution in [0.5, 0.6) is 5.75 Å². The van der Waals surface area contributed by atoms with Gasteiger partial charge in [-0.1, -0.05) is 12.1 Å². The molecule has 1 aromatic rings. The zero-order valence-corrected chi connectivity index (χ0v) is 10.6. The average Bonchev–Trinajstić information content (AvgIpc) is 2.28. The number of carbonyl (C=O) groups excluding carboxylic acids is 1. The molecular formula is C12H18N4O2. The van der Waals surface area contributed by atoms with E-state index in [-0.39, 0.29) is 0 Å². The molecule has 0 saturated carbocycles. The predicted molar refractivity (Wildman–Crippen MR) is 70.8 cm³/mol. The molecule has 6 heteroatoms. The SMILES string of the molecule is CN(C)CCOc1cccc(C=NNC(N)=O)c1. The Balaban J connectivity index is 2.51. The molecule has 1 rings (SSSR count). The summed E-state index contributed by atoms with van der Waals surface area (Å²) in [5.74, 6) is 0.764. The molecule has 0 atom stereocenters. The lowest BCUT2D eigenvalue weighted by molar-refractivity contribution is 0.249. The lowest BCUT2D eigenvalue weighted by Gasteiger charge is -2.11. The molecule has 2 amide bonds. The number of hydrogen-bond acceptors (Lipinski definition) is 4. The van der Waals surface area contributed by atoms with Gasteiger partial charge in [-0.3, -0.25) is 0 Å². The molecule has 0 aliphatic rings. The highest BCUT2D eigenvalue weighted by Gasteiger charge is 1.96. The van der Waals surface area contributed by atoms with Gasteiger partial charge in [0.1, 0.15) is 12.4 Å². The zero-order chi connectivity index (χ0) is 13.4. The number of amides is 2. The topological polar surface area (TPSA) is 79.9 Å². The van der Waals surface area contributed by atoms with E-state index in [9.17, 15) is 4.79 Å². The van der Waals surface area contributed by atoms with Crippen LogP contribution in [0.3, 0.4) is 0 Å². The molecule has 0 bridgehead atoms. The van der Waals surface area contributed by atoms with E-state index in [0.29, 0.717) is 6.61 Å². The van der Waals surface area contributed by atoms with E-state index >= 15 is 0 Å². The fraction of sp³-hybridized carbons (Fsp3) is 0.333. The van der Waals surface area contributed by atoms with E-state index in [1.54, 1.807) is 0 Å². The third-order valence-electron chi connectivity index (χ3n) is 2.05. The molecule has 3 N–H and O–H groups in total. The summed E-state index contributed by atoms with van der Waals surface area (Å²) >= 11 is 0. The van der Waals surface area contributed by atoms with Crippen molar-refractivity contribution in [1.82, 2.24) is 10.3 Å². The number of primary amides is 1. The van der Waals surface area contributed by atoms with Crippen molar-refractivity contribution in [3.63, 3.8) is 0 Å². The third-order valence-corrected chi connectivity index (χ3v) is 2.05. The highest BCUT2D eigenvalue weighted by Crippen LogP contribution is 2.11. The first kappa shape index (κ1) is 14.0. The summed E-state index contributed by atoms with van der Waals surface area (Å²) in [7, 11) is 3.98. The van der Waals surface area contributed by atoms with Crippen LogP contribution in [0.4, 0.5) is 4.79 Å². The number of carbonyl (C=O) groups is 1. The second-order valence-electron chi connectivity index (χ2n) is 3.96. The second-order valence-corrected chi connectivity index (χ2v) is 3.96. The van der Waals surface area contributed by atoms with Gasteiger partial charge in [-0.15, -0.1) is 0 Å². The van der Waals surface area contributed by atoms with Gasteiger partial charge >= 0.3 is 6.03 Å². The Morgan fingerprint density at radius 1 is 1.56 bits per heavy atom. The van der Waals surface area contributed by atoms with Gasteiger partial charge < -0.3 is 15.4 Å². The maximum atomic E-state index is 10.4. The molecule has 98 valence electrons. The molecule has 0 spiro atoms. The number of nitrogens with two attached hydrogens (primary N) is 1. The van der Waals surface area contributed by atoms with Crippen LogP contribution in [0.2, 0.25) is 0 Å². The summed E-state index contributed by atoms with van der Waals surface area (Å²) in [6.45, 7) is 1.47. The first-order chi connectivity index (χ1) is 8.58. The standard InChI is InChI=1S/C12H18N4O2/c1-16(2)6-7-18-11-5-3-4-10(8-11)9-14-15-12(13)17/h3-5,8-9H,6-7H2,1-2H3,(H3,13,15,17). The van der Waals surface area contributed by atoms with Crippen LogP contribution in [0.1, 0.15) is 5.56 Å². The highest BCUT2D eigenvalue weighted by molar-refractivity contribution is 5.81. The molecule has 1 aromatic carbocycles. The van der Waals surface area contributed by atoms with Gasteiger partial charge in [0.05, 0.1) is 6.21 Å². The molecule has 0 unspecified atom stereocenters. The first-order valence-corrected chi connectivity index (χ1v) is 5.54. The van der Waals surface area contributed by atoms with Crippen LogP contribution in [-0.2, 0) is 0 Å². The summed E-state index contributed by atoms with van der Waals surface area (Å²) in [4.78, 5) is 12.5. The fourth-order valence-electron chi connectivity index (χ4n) is 1.20. The Bertz CT molecular complexity index is 418. The lowest BCUT2D eigenvalue weighted by Crippen LogP contribution is -2.24. The molecule has 0 radical (unpaired) electrons. The molecule has 0 fully saturated rings. The number of nitrogens with zero attached hydrogens (tertiary/aromatic N) is 2. The summed E-state index contributed by atoms with van der Waals surface area (Å²) in [5, 5.41) is 3.68. The molecule has 0 aliphatic heterocycles. The number of rotatable bonds is 6. The minimum atomic E-state index is -0.690. The number of likely N-dealkylation sites (N-methyl/N-ethyl adjacent to an activating group) is 1. The summed E-state index contributed by atoms with van der Waals surface area (Å²) < 4.78 is 5.57. The van der Waals surface area contributed by atoms with Gasteiger partial charge in [0.2, 0.25) is 0 Å². The summed E-state index contributed by atoms with van der Waals surface area (Å²) in [6, 6.07) is 6.72. The molecule has 6 nitrogen and oxygen atoms in total. The Morgan fingerprint density at radius 3 is 3.00 bits per heavy atom. The molecule has 0 heterocycles. The molecule has 18 heavy (non-hydrogen) atoms. The predicted octanol–water partition coefficient (Wildman–Crippen LogP) is 0.629. The van der Waals surface area contributed by atoms with E-state index in [0.717, 1.165) is 17.9 Å². The van der Waals surface area contributed by atoms with Crippen molar-refractivity contribution in [2.24, 2.45) is 10.8 Å². The third kappa shape index (κ3) is 5.86. The smallest absolute Gasteiger partial charge is 0.332 e. The number of benzene rings is 1. The monoisotopic (exact) mass is 250 g/mol. The molecule has 0 saturated heterocycles. The highest BCUT2D eigenvalue weighted by atomic mass is 16.5. The normalized spacial score (nSPS) is 10.8. The maximum Gasteiger partial charge on any atom is 0.332 e. The van der Waals surface area contributed by atoms with Crippen molar-refractivity contribution in [2.75, 3.05) is 27.2 Å². The lowest BCUT2D eigenvalue weighted by atomic mass is 10.2. The number of ether oxygens (including phenoxy) is 1. The van der Waals surface area contributed by atoms with Crippen molar-refractivity contribution in [3.05, 3.63) is 29.8 Å². The second kappa shape index (κ2) is 7.29. The van der Waals surface area contributed by atoms with Crippen molar-refractivity contribution < 1.29 is 9.53 Å². The van der Waals surface area contributed by atoms with E-state index < -0.39 is 6.03 Å². The minimum Gasteiger partial charge on any atom is -0.492 e. The molecular weight excluding hydrogens is 232 g/mol. The Morgan fingerprint density at radius 2 is 2.33 bits per heavy atom. The Hall–Kier alpha value is -2.08. The summed E-state index contributed by atoms with van der Waals surface area (Å²) in [5.41, 5.74) is 7.84. The van der Waals surface area contributed by atoms with Crippen molar-refractivity contribution >= 4 is 12.2 Å². The van der Waals surface area contributed by atoms with Crippen LogP contribution in [-0.4, -0.2) is 44.4 Å². The van der Waals surface area contributed by atoms with Gasteiger partial charge in [0.25, 0.3) is 0 Å².